The van der Waals surface area contributed by atoms with E-state index in [1.54, 1.807) is 6.20 Å². The minimum absolute atomic E-state index is 0.540. The zero-order valence-electron chi connectivity index (χ0n) is 9.57. The highest BCUT2D eigenvalue weighted by molar-refractivity contribution is 9.10. The summed E-state index contributed by atoms with van der Waals surface area (Å²) < 4.78 is 0.984. The molecule has 0 saturated carbocycles. The number of halogens is 1. The van der Waals surface area contributed by atoms with Crippen molar-refractivity contribution in [1.29, 1.82) is 0 Å². The highest BCUT2D eigenvalue weighted by Gasteiger charge is 2.04. The molecule has 1 heterocycles. The Bertz CT molecular complexity index is 526. The van der Waals surface area contributed by atoms with Crippen molar-refractivity contribution in [3.63, 3.8) is 0 Å². The van der Waals surface area contributed by atoms with Crippen LogP contribution in [0, 0.1) is 6.92 Å². The number of hydrogen-bond acceptors (Lipinski definition) is 3. The van der Waals surface area contributed by atoms with E-state index in [1.807, 2.05) is 37.3 Å². The predicted octanol–water partition coefficient (Wildman–Crippen LogP) is 3.35. The van der Waals surface area contributed by atoms with Crippen LogP contribution < -0.4 is 11.1 Å². The van der Waals surface area contributed by atoms with Gasteiger partial charge in [-0.3, -0.25) is 0 Å². The molecule has 0 bridgehead atoms. The molecule has 0 radical (unpaired) electrons. The van der Waals surface area contributed by atoms with Gasteiger partial charge in [0.05, 0.1) is 4.47 Å². The Hall–Kier alpha value is -1.39. The Balaban J connectivity index is 2.28. The molecule has 0 saturated heterocycles. The third-order valence-corrected chi connectivity index (χ3v) is 3.51. The summed E-state index contributed by atoms with van der Waals surface area (Å²) >= 11 is 3.52. The monoisotopic (exact) mass is 291 g/mol. The molecule has 2 aromatic rings. The predicted molar refractivity (Wildman–Crippen MR) is 74.3 cm³/mol. The van der Waals surface area contributed by atoms with E-state index in [9.17, 15) is 0 Å². The average molecular weight is 292 g/mol. The van der Waals surface area contributed by atoms with Gasteiger partial charge in [0, 0.05) is 18.4 Å². The van der Waals surface area contributed by atoms with Gasteiger partial charge in [0.25, 0.3) is 0 Å². The van der Waals surface area contributed by atoms with Crippen LogP contribution in [0.1, 0.15) is 11.1 Å². The van der Waals surface area contributed by atoms with E-state index in [1.165, 1.54) is 0 Å². The van der Waals surface area contributed by atoms with Crippen LogP contribution in [0.25, 0.3) is 0 Å². The molecular formula is C13H14BrN3. The average Bonchev–Trinajstić information content (AvgIpc) is 2.35. The van der Waals surface area contributed by atoms with Crippen LogP contribution in [0.5, 0.6) is 0 Å². The van der Waals surface area contributed by atoms with Crippen molar-refractivity contribution in [2.75, 3.05) is 5.32 Å². The van der Waals surface area contributed by atoms with Gasteiger partial charge in [0.1, 0.15) is 5.82 Å². The lowest BCUT2D eigenvalue weighted by atomic mass is 10.2. The fourth-order valence-electron chi connectivity index (χ4n) is 1.54. The molecule has 3 N–H and O–H groups in total. The Labute approximate surface area is 109 Å². The van der Waals surface area contributed by atoms with Crippen LogP contribution in [-0.4, -0.2) is 4.98 Å². The molecule has 2 rings (SSSR count). The number of pyridine rings is 1. The van der Waals surface area contributed by atoms with Crippen LogP contribution in [-0.2, 0) is 6.54 Å². The molecule has 0 amide bonds. The molecule has 0 aliphatic heterocycles. The van der Waals surface area contributed by atoms with Crippen molar-refractivity contribution in [3.05, 3.63) is 52.1 Å². The lowest BCUT2D eigenvalue weighted by Gasteiger charge is -2.09. The van der Waals surface area contributed by atoms with Gasteiger partial charge in [0.2, 0.25) is 0 Å². The number of benzene rings is 1. The number of nitrogens with zero attached hydrogens (tertiary/aromatic N) is 1. The third-order valence-electron chi connectivity index (χ3n) is 2.51. The normalized spacial score (nSPS) is 10.3. The second kappa shape index (κ2) is 5.29. The first-order chi connectivity index (χ1) is 8.20. The number of nitrogens with one attached hydrogen (secondary N) is 1. The molecule has 0 atom stereocenters. The first-order valence-corrected chi connectivity index (χ1v) is 6.17. The van der Waals surface area contributed by atoms with Gasteiger partial charge in [-0.05, 0) is 52.2 Å². The number of aryl methyl sites for hydroxylation is 1. The van der Waals surface area contributed by atoms with Crippen molar-refractivity contribution in [1.82, 2.24) is 4.98 Å². The van der Waals surface area contributed by atoms with Gasteiger partial charge in [-0.25, -0.2) is 4.98 Å². The minimum atomic E-state index is 0.540. The van der Waals surface area contributed by atoms with Gasteiger partial charge >= 0.3 is 0 Å². The molecule has 88 valence electrons. The van der Waals surface area contributed by atoms with E-state index >= 15 is 0 Å². The highest BCUT2D eigenvalue weighted by Crippen LogP contribution is 2.26. The number of nitrogens with two attached hydrogens (primary N) is 1. The van der Waals surface area contributed by atoms with Gasteiger partial charge in [-0.1, -0.05) is 12.1 Å². The number of anilines is 2. The summed E-state index contributed by atoms with van der Waals surface area (Å²) in [5.41, 5.74) is 8.85. The zero-order valence-corrected chi connectivity index (χ0v) is 11.2. The lowest BCUT2D eigenvalue weighted by Crippen LogP contribution is -1.99. The van der Waals surface area contributed by atoms with E-state index in [4.69, 9.17) is 5.73 Å². The Morgan fingerprint density at radius 2 is 2.18 bits per heavy atom. The minimum Gasteiger partial charge on any atom is -0.339 e. The van der Waals surface area contributed by atoms with E-state index in [2.05, 4.69) is 26.2 Å². The quantitative estimate of drug-likeness (QED) is 0.912. The molecule has 0 spiro atoms. The largest absolute Gasteiger partial charge is 0.339 e. The summed E-state index contributed by atoms with van der Waals surface area (Å²) in [4.78, 5) is 4.30. The number of aromatic nitrogens is 1. The summed E-state index contributed by atoms with van der Waals surface area (Å²) in [7, 11) is 0. The fourth-order valence-corrected chi connectivity index (χ4v) is 1.87. The summed E-state index contributed by atoms with van der Waals surface area (Å²) in [6, 6.07) is 9.97. The molecule has 1 aromatic carbocycles. The van der Waals surface area contributed by atoms with E-state index < -0.39 is 0 Å². The molecule has 4 heteroatoms. The maximum atomic E-state index is 5.61. The molecule has 17 heavy (non-hydrogen) atoms. The van der Waals surface area contributed by atoms with Crippen molar-refractivity contribution in [3.8, 4) is 0 Å². The molecule has 0 aliphatic rings. The van der Waals surface area contributed by atoms with Gasteiger partial charge in [-0.2, -0.15) is 0 Å². The molecule has 3 nitrogen and oxygen atoms in total. The Morgan fingerprint density at radius 1 is 1.35 bits per heavy atom. The van der Waals surface area contributed by atoms with Gasteiger partial charge in [0.15, 0.2) is 0 Å². The lowest BCUT2D eigenvalue weighted by molar-refractivity contribution is 1.07. The maximum absolute atomic E-state index is 5.61. The Kier molecular flexibility index (Phi) is 3.76. The van der Waals surface area contributed by atoms with Crippen LogP contribution in [0.3, 0.4) is 0 Å². The molecule has 1 aromatic heterocycles. The summed E-state index contributed by atoms with van der Waals surface area (Å²) in [6.07, 6.45) is 1.79. The zero-order chi connectivity index (χ0) is 12.3. The summed E-state index contributed by atoms with van der Waals surface area (Å²) in [5.74, 6) is 0.819. The van der Waals surface area contributed by atoms with Crippen LogP contribution in [0.4, 0.5) is 11.5 Å². The molecular weight excluding hydrogens is 278 g/mol. The van der Waals surface area contributed by atoms with Gasteiger partial charge < -0.3 is 11.1 Å². The van der Waals surface area contributed by atoms with Crippen LogP contribution in [0.15, 0.2) is 41.0 Å². The highest BCUT2D eigenvalue weighted by atomic mass is 79.9. The van der Waals surface area contributed by atoms with Crippen LogP contribution in [0.2, 0.25) is 0 Å². The van der Waals surface area contributed by atoms with Crippen molar-refractivity contribution >= 4 is 27.4 Å². The molecule has 0 fully saturated rings. The van der Waals surface area contributed by atoms with Gasteiger partial charge in [-0.15, -0.1) is 0 Å². The first-order valence-electron chi connectivity index (χ1n) is 5.38. The topological polar surface area (TPSA) is 50.9 Å². The van der Waals surface area contributed by atoms with E-state index in [0.29, 0.717) is 6.54 Å². The molecule has 0 aliphatic carbocycles. The fraction of sp³-hybridized carbons (Fsp3) is 0.154. The Morgan fingerprint density at radius 3 is 2.94 bits per heavy atom. The van der Waals surface area contributed by atoms with Crippen LogP contribution >= 0.6 is 15.9 Å². The second-order valence-corrected chi connectivity index (χ2v) is 4.61. The standard InChI is InChI=1S/C13H14BrN3/c1-9-5-6-16-13(12(9)14)17-11-4-2-3-10(7-11)8-15/h2-7H,8,15H2,1H3,(H,16,17). The van der Waals surface area contributed by atoms with E-state index in [-0.39, 0.29) is 0 Å². The maximum Gasteiger partial charge on any atom is 0.144 e. The second-order valence-electron chi connectivity index (χ2n) is 3.82. The van der Waals surface area contributed by atoms with Crippen molar-refractivity contribution in [2.24, 2.45) is 5.73 Å². The van der Waals surface area contributed by atoms with Crippen molar-refractivity contribution in [2.45, 2.75) is 13.5 Å². The number of hydrogen-bond donors (Lipinski definition) is 2. The van der Waals surface area contributed by atoms with E-state index in [0.717, 1.165) is 27.1 Å². The van der Waals surface area contributed by atoms with Crippen molar-refractivity contribution < 1.29 is 0 Å². The summed E-state index contributed by atoms with van der Waals surface area (Å²) in [5, 5.41) is 3.27. The molecule has 0 unspecified atom stereocenters. The smallest absolute Gasteiger partial charge is 0.144 e. The first kappa shape index (κ1) is 12.1. The SMILES string of the molecule is Cc1ccnc(Nc2cccc(CN)c2)c1Br. The summed E-state index contributed by atoms with van der Waals surface area (Å²) in [6.45, 7) is 2.57. The number of rotatable bonds is 3. The third kappa shape index (κ3) is 2.84.